The standard InChI is InChI=1S/C12H14N2O2/c1-9-11(4-6-16-9)12(15)14-5-2-3-10(7-13)8-14/h4,6,10H,2-3,5,8H2,1H3. The highest BCUT2D eigenvalue weighted by Crippen LogP contribution is 2.19. The van der Waals surface area contributed by atoms with Crippen molar-refractivity contribution in [3.05, 3.63) is 23.7 Å². The van der Waals surface area contributed by atoms with Gasteiger partial charge in [0.2, 0.25) is 0 Å². The molecule has 1 atom stereocenters. The molecule has 1 aliphatic rings. The Bertz CT molecular complexity index is 430. The van der Waals surface area contributed by atoms with Crippen molar-refractivity contribution in [2.24, 2.45) is 5.92 Å². The summed E-state index contributed by atoms with van der Waals surface area (Å²) in [5, 5.41) is 8.87. The lowest BCUT2D eigenvalue weighted by Crippen LogP contribution is -2.39. The van der Waals surface area contributed by atoms with Gasteiger partial charge in [0.25, 0.3) is 5.91 Å². The van der Waals surface area contributed by atoms with E-state index in [1.807, 2.05) is 0 Å². The molecule has 2 rings (SSSR count). The van der Waals surface area contributed by atoms with Gasteiger partial charge in [-0.25, -0.2) is 0 Å². The summed E-state index contributed by atoms with van der Waals surface area (Å²) in [5.74, 6) is 0.597. The van der Waals surface area contributed by atoms with Crippen molar-refractivity contribution in [2.45, 2.75) is 19.8 Å². The number of nitrogens with zero attached hydrogens (tertiary/aromatic N) is 2. The third kappa shape index (κ3) is 1.94. The summed E-state index contributed by atoms with van der Waals surface area (Å²) in [4.78, 5) is 13.8. The van der Waals surface area contributed by atoms with Crippen molar-refractivity contribution in [1.29, 1.82) is 5.26 Å². The maximum Gasteiger partial charge on any atom is 0.257 e. The zero-order valence-electron chi connectivity index (χ0n) is 9.27. The number of nitriles is 1. The fourth-order valence-electron chi connectivity index (χ4n) is 2.04. The van der Waals surface area contributed by atoms with Crippen LogP contribution < -0.4 is 0 Å². The topological polar surface area (TPSA) is 57.2 Å². The average molecular weight is 218 g/mol. The van der Waals surface area contributed by atoms with Crippen LogP contribution in [0.2, 0.25) is 0 Å². The van der Waals surface area contributed by atoms with Crippen LogP contribution in [0, 0.1) is 24.2 Å². The average Bonchev–Trinajstić information content (AvgIpc) is 2.74. The van der Waals surface area contributed by atoms with E-state index in [2.05, 4.69) is 6.07 Å². The first-order valence-corrected chi connectivity index (χ1v) is 5.45. The number of likely N-dealkylation sites (tertiary alicyclic amines) is 1. The van der Waals surface area contributed by atoms with Gasteiger partial charge >= 0.3 is 0 Å². The van der Waals surface area contributed by atoms with E-state index in [1.54, 1.807) is 17.9 Å². The first kappa shape index (κ1) is 10.7. The first-order valence-electron chi connectivity index (χ1n) is 5.45. The fourth-order valence-corrected chi connectivity index (χ4v) is 2.04. The van der Waals surface area contributed by atoms with Gasteiger partial charge in [0.05, 0.1) is 23.8 Å². The molecule has 0 saturated carbocycles. The van der Waals surface area contributed by atoms with Gasteiger partial charge in [0.1, 0.15) is 5.76 Å². The Morgan fingerprint density at radius 2 is 2.50 bits per heavy atom. The Labute approximate surface area is 94.5 Å². The molecule has 1 aliphatic heterocycles. The van der Waals surface area contributed by atoms with Gasteiger partial charge in [-0.05, 0) is 25.8 Å². The number of aryl methyl sites for hydroxylation is 1. The van der Waals surface area contributed by atoms with Crippen molar-refractivity contribution >= 4 is 5.91 Å². The zero-order valence-corrected chi connectivity index (χ0v) is 9.27. The number of furan rings is 1. The summed E-state index contributed by atoms with van der Waals surface area (Å²) in [5.41, 5.74) is 0.610. The second-order valence-electron chi connectivity index (χ2n) is 4.11. The van der Waals surface area contributed by atoms with Crippen molar-refractivity contribution in [1.82, 2.24) is 4.90 Å². The predicted molar refractivity (Wildman–Crippen MR) is 57.7 cm³/mol. The van der Waals surface area contributed by atoms with E-state index in [0.717, 1.165) is 19.4 Å². The molecule has 16 heavy (non-hydrogen) atoms. The van der Waals surface area contributed by atoms with Crippen LogP contribution in [-0.2, 0) is 0 Å². The lowest BCUT2D eigenvalue weighted by molar-refractivity contribution is 0.0697. The van der Waals surface area contributed by atoms with Crippen LogP contribution in [0.5, 0.6) is 0 Å². The highest BCUT2D eigenvalue weighted by molar-refractivity contribution is 5.95. The molecule has 0 spiro atoms. The van der Waals surface area contributed by atoms with E-state index < -0.39 is 0 Å². The largest absolute Gasteiger partial charge is 0.469 e. The Morgan fingerprint density at radius 1 is 1.69 bits per heavy atom. The van der Waals surface area contributed by atoms with E-state index in [0.29, 0.717) is 17.9 Å². The van der Waals surface area contributed by atoms with Crippen LogP contribution in [0.1, 0.15) is 29.0 Å². The molecule has 1 saturated heterocycles. The second-order valence-corrected chi connectivity index (χ2v) is 4.11. The molecule has 1 fully saturated rings. The second kappa shape index (κ2) is 4.40. The van der Waals surface area contributed by atoms with Crippen LogP contribution in [0.25, 0.3) is 0 Å². The van der Waals surface area contributed by atoms with Crippen LogP contribution in [-0.4, -0.2) is 23.9 Å². The lowest BCUT2D eigenvalue weighted by atomic mass is 9.99. The third-order valence-electron chi connectivity index (χ3n) is 2.98. The monoisotopic (exact) mass is 218 g/mol. The van der Waals surface area contributed by atoms with Crippen molar-refractivity contribution in [3.63, 3.8) is 0 Å². The Hall–Kier alpha value is -1.76. The molecule has 1 aromatic heterocycles. The summed E-state index contributed by atoms with van der Waals surface area (Å²) in [6.45, 7) is 3.06. The van der Waals surface area contributed by atoms with Crippen LogP contribution >= 0.6 is 0 Å². The van der Waals surface area contributed by atoms with E-state index in [1.165, 1.54) is 6.26 Å². The predicted octanol–water partition coefficient (Wildman–Crippen LogP) is 1.96. The van der Waals surface area contributed by atoms with Gasteiger partial charge in [-0.15, -0.1) is 0 Å². The maximum atomic E-state index is 12.1. The molecule has 1 unspecified atom stereocenters. The van der Waals surface area contributed by atoms with Gasteiger partial charge in [0.15, 0.2) is 0 Å². The number of hydrogen-bond acceptors (Lipinski definition) is 3. The normalized spacial score (nSPS) is 20.5. The van der Waals surface area contributed by atoms with Crippen LogP contribution in [0.15, 0.2) is 16.7 Å². The summed E-state index contributed by atoms with van der Waals surface area (Å²) in [7, 11) is 0. The zero-order chi connectivity index (χ0) is 11.5. The summed E-state index contributed by atoms with van der Waals surface area (Å²) >= 11 is 0. The molecule has 1 amide bonds. The minimum atomic E-state index is -0.0232. The van der Waals surface area contributed by atoms with Gasteiger partial charge in [-0.3, -0.25) is 4.79 Å². The molecular formula is C12H14N2O2. The number of hydrogen-bond donors (Lipinski definition) is 0. The molecule has 0 N–H and O–H groups in total. The highest BCUT2D eigenvalue weighted by Gasteiger charge is 2.25. The van der Waals surface area contributed by atoms with Gasteiger partial charge in [-0.1, -0.05) is 0 Å². The van der Waals surface area contributed by atoms with E-state index >= 15 is 0 Å². The summed E-state index contributed by atoms with van der Waals surface area (Å²) < 4.78 is 5.12. The van der Waals surface area contributed by atoms with Crippen LogP contribution in [0.4, 0.5) is 0 Å². The number of rotatable bonds is 1. The minimum Gasteiger partial charge on any atom is -0.469 e. The van der Waals surface area contributed by atoms with Gasteiger partial charge in [0, 0.05) is 13.1 Å². The van der Waals surface area contributed by atoms with Gasteiger partial charge in [-0.2, -0.15) is 5.26 Å². The summed E-state index contributed by atoms with van der Waals surface area (Å²) in [6.07, 6.45) is 3.32. The molecule has 0 radical (unpaired) electrons. The Morgan fingerprint density at radius 3 is 3.12 bits per heavy atom. The molecule has 1 aromatic rings. The Kier molecular flexibility index (Phi) is 2.95. The minimum absolute atomic E-state index is 0.0220. The molecule has 0 aromatic carbocycles. The van der Waals surface area contributed by atoms with E-state index in [-0.39, 0.29) is 11.8 Å². The number of piperidine rings is 1. The van der Waals surface area contributed by atoms with E-state index in [4.69, 9.17) is 9.68 Å². The lowest BCUT2D eigenvalue weighted by Gasteiger charge is -2.29. The van der Waals surface area contributed by atoms with Crippen molar-refractivity contribution < 1.29 is 9.21 Å². The fraction of sp³-hybridized carbons (Fsp3) is 0.500. The third-order valence-corrected chi connectivity index (χ3v) is 2.98. The molecule has 0 bridgehead atoms. The van der Waals surface area contributed by atoms with Crippen LogP contribution in [0.3, 0.4) is 0 Å². The SMILES string of the molecule is Cc1occc1C(=O)N1CCCC(C#N)C1. The summed E-state index contributed by atoms with van der Waals surface area (Å²) in [6, 6.07) is 3.92. The van der Waals surface area contributed by atoms with Gasteiger partial charge < -0.3 is 9.32 Å². The number of amides is 1. The first-order chi connectivity index (χ1) is 7.72. The molecule has 0 aliphatic carbocycles. The molecule has 4 nitrogen and oxygen atoms in total. The quantitative estimate of drug-likeness (QED) is 0.724. The number of carbonyl (C=O) groups is 1. The highest BCUT2D eigenvalue weighted by atomic mass is 16.3. The molecular weight excluding hydrogens is 204 g/mol. The molecule has 84 valence electrons. The maximum absolute atomic E-state index is 12.1. The molecule has 2 heterocycles. The number of carbonyl (C=O) groups excluding carboxylic acids is 1. The smallest absolute Gasteiger partial charge is 0.257 e. The van der Waals surface area contributed by atoms with Crippen molar-refractivity contribution in [3.8, 4) is 6.07 Å². The Balaban J connectivity index is 2.11. The van der Waals surface area contributed by atoms with E-state index in [9.17, 15) is 4.79 Å². The molecule has 4 heteroatoms. The van der Waals surface area contributed by atoms with Crippen molar-refractivity contribution in [2.75, 3.05) is 13.1 Å².